The third kappa shape index (κ3) is 2.71. The number of para-hydroxylation sites is 1. The highest BCUT2D eigenvalue weighted by Gasteiger charge is 2.28. The summed E-state index contributed by atoms with van der Waals surface area (Å²) in [7, 11) is -4.06. The molecule has 0 amide bonds. The third-order valence-electron chi connectivity index (χ3n) is 2.85. The Kier molecular flexibility index (Phi) is 4.19. The van der Waals surface area contributed by atoms with Gasteiger partial charge in [0.1, 0.15) is 16.8 Å². The standard InChI is InChI=1S/C14H12FN3O2S/c1-2-18(13-7-4-3-6-11(13)15)21(19,20)14-8-5-9-17-12(14)10-16/h3-9H,2H2,1H3. The quantitative estimate of drug-likeness (QED) is 0.868. The molecule has 0 aliphatic heterocycles. The Morgan fingerprint density at radius 1 is 1.29 bits per heavy atom. The summed E-state index contributed by atoms with van der Waals surface area (Å²) in [6, 6.07) is 10.0. The Bertz CT molecular complexity index is 800. The molecular formula is C14H12FN3O2S. The Morgan fingerprint density at radius 3 is 2.62 bits per heavy atom. The molecule has 0 unspecified atom stereocenters. The molecule has 0 N–H and O–H groups in total. The summed E-state index contributed by atoms with van der Waals surface area (Å²) in [4.78, 5) is 3.50. The van der Waals surface area contributed by atoms with E-state index in [9.17, 15) is 12.8 Å². The molecule has 7 heteroatoms. The molecule has 1 aromatic carbocycles. The summed E-state index contributed by atoms with van der Waals surface area (Å²) < 4.78 is 40.1. The predicted octanol–water partition coefficient (Wildman–Crippen LogP) is 2.31. The van der Waals surface area contributed by atoms with E-state index < -0.39 is 15.8 Å². The van der Waals surface area contributed by atoms with Crippen LogP contribution in [0.2, 0.25) is 0 Å². The number of aromatic nitrogens is 1. The van der Waals surface area contributed by atoms with Crippen LogP contribution in [0.25, 0.3) is 0 Å². The average molecular weight is 305 g/mol. The molecule has 2 rings (SSSR count). The number of anilines is 1. The number of rotatable bonds is 4. The lowest BCUT2D eigenvalue weighted by atomic mass is 10.3. The topological polar surface area (TPSA) is 74.1 Å². The van der Waals surface area contributed by atoms with Crippen LogP contribution in [-0.4, -0.2) is 19.9 Å². The minimum absolute atomic E-state index is 0.0308. The maximum atomic E-state index is 13.9. The van der Waals surface area contributed by atoms with E-state index in [0.29, 0.717) is 0 Å². The van der Waals surface area contributed by atoms with E-state index in [0.717, 1.165) is 4.31 Å². The molecule has 108 valence electrons. The van der Waals surface area contributed by atoms with Crippen molar-refractivity contribution in [2.45, 2.75) is 11.8 Å². The molecule has 0 atom stereocenters. The van der Waals surface area contributed by atoms with Gasteiger partial charge in [-0.1, -0.05) is 12.1 Å². The fourth-order valence-corrected chi connectivity index (χ4v) is 3.50. The van der Waals surface area contributed by atoms with Crippen molar-refractivity contribution in [2.75, 3.05) is 10.8 Å². The van der Waals surface area contributed by atoms with Crippen molar-refractivity contribution in [3.8, 4) is 6.07 Å². The van der Waals surface area contributed by atoms with Crippen LogP contribution in [0.3, 0.4) is 0 Å². The molecule has 0 bridgehead atoms. The van der Waals surface area contributed by atoms with Crippen LogP contribution in [0.5, 0.6) is 0 Å². The number of benzene rings is 1. The zero-order chi connectivity index (χ0) is 15.5. The highest BCUT2D eigenvalue weighted by Crippen LogP contribution is 2.26. The van der Waals surface area contributed by atoms with Crippen LogP contribution in [0.15, 0.2) is 47.5 Å². The van der Waals surface area contributed by atoms with E-state index in [1.165, 1.54) is 36.5 Å². The second-order valence-corrected chi connectivity index (χ2v) is 5.91. The lowest BCUT2D eigenvalue weighted by Gasteiger charge is -2.23. The molecule has 0 radical (unpaired) electrons. The first-order chi connectivity index (χ1) is 10.0. The number of hydrogen-bond acceptors (Lipinski definition) is 4. The number of nitriles is 1. The highest BCUT2D eigenvalue weighted by atomic mass is 32.2. The minimum Gasteiger partial charge on any atom is -0.264 e. The minimum atomic E-state index is -4.06. The Hall–Kier alpha value is -2.46. The van der Waals surface area contributed by atoms with E-state index in [4.69, 9.17) is 5.26 Å². The smallest absolute Gasteiger partial charge is 0.264 e. The lowest BCUT2D eigenvalue weighted by Crippen LogP contribution is -2.32. The Labute approximate surface area is 122 Å². The summed E-state index contributed by atoms with van der Waals surface area (Å²) in [5.74, 6) is -0.648. The molecule has 21 heavy (non-hydrogen) atoms. The van der Waals surface area contributed by atoms with E-state index >= 15 is 0 Å². The number of halogens is 1. The van der Waals surface area contributed by atoms with Crippen molar-refractivity contribution in [1.82, 2.24) is 4.98 Å². The largest absolute Gasteiger partial charge is 0.267 e. The van der Waals surface area contributed by atoms with Gasteiger partial charge >= 0.3 is 0 Å². The van der Waals surface area contributed by atoms with Crippen molar-refractivity contribution in [2.24, 2.45) is 0 Å². The average Bonchev–Trinajstić information content (AvgIpc) is 2.49. The summed E-state index contributed by atoms with van der Waals surface area (Å²) >= 11 is 0. The maximum absolute atomic E-state index is 13.9. The van der Waals surface area contributed by atoms with Crippen molar-refractivity contribution in [3.63, 3.8) is 0 Å². The summed E-state index contributed by atoms with van der Waals surface area (Å²) in [5.41, 5.74) is -0.278. The van der Waals surface area contributed by atoms with E-state index in [1.54, 1.807) is 19.1 Å². The van der Waals surface area contributed by atoms with Gasteiger partial charge in [-0.15, -0.1) is 0 Å². The zero-order valence-corrected chi connectivity index (χ0v) is 12.0. The molecule has 1 aromatic heterocycles. The van der Waals surface area contributed by atoms with Crippen molar-refractivity contribution in [3.05, 3.63) is 54.1 Å². The van der Waals surface area contributed by atoms with Gasteiger partial charge in [-0.2, -0.15) is 5.26 Å². The van der Waals surface area contributed by atoms with E-state index in [-0.39, 0.29) is 22.8 Å². The van der Waals surface area contributed by atoms with Gasteiger partial charge in [0.25, 0.3) is 10.0 Å². The first kappa shape index (κ1) is 14.9. The summed E-state index contributed by atoms with van der Waals surface area (Å²) in [6.45, 7) is 1.62. The monoisotopic (exact) mass is 305 g/mol. The van der Waals surface area contributed by atoms with Crippen LogP contribution in [0.1, 0.15) is 12.6 Å². The van der Waals surface area contributed by atoms with Crippen molar-refractivity contribution >= 4 is 15.7 Å². The van der Waals surface area contributed by atoms with Gasteiger partial charge in [0.05, 0.1) is 5.69 Å². The van der Waals surface area contributed by atoms with Gasteiger partial charge in [0.2, 0.25) is 0 Å². The molecular weight excluding hydrogens is 293 g/mol. The number of hydrogen-bond donors (Lipinski definition) is 0. The van der Waals surface area contributed by atoms with Gasteiger partial charge in [-0.25, -0.2) is 17.8 Å². The van der Waals surface area contributed by atoms with Crippen LogP contribution in [0, 0.1) is 17.1 Å². The first-order valence-corrected chi connectivity index (χ1v) is 7.58. The van der Waals surface area contributed by atoms with E-state index in [2.05, 4.69) is 4.98 Å². The fraction of sp³-hybridized carbons (Fsp3) is 0.143. The third-order valence-corrected chi connectivity index (χ3v) is 4.77. The molecule has 0 aliphatic rings. The normalized spacial score (nSPS) is 10.9. The van der Waals surface area contributed by atoms with Gasteiger partial charge < -0.3 is 0 Å². The Balaban J connectivity index is 2.62. The number of nitrogens with zero attached hydrogens (tertiary/aromatic N) is 3. The van der Waals surface area contributed by atoms with E-state index in [1.807, 2.05) is 0 Å². The zero-order valence-electron chi connectivity index (χ0n) is 11.2. The van der Waals surface area contributed by atoms with Gasteiger partial charge in [-0.05, 0) is 31.2 Å². The first-order valence-electron chi connectivity index (χ1n) is 6.14. The molecule has 2 aromatic rings. The number of pyridine rings is 1. The maximum Gasteiger partial charge on any atom is 0.267 e. The second-order valence-electron chi connectivity index (χ2n) is 4.08. The Morgan fingerprint density at radius 2 is 2.00 bits per heavy atom. The molecule has 5 nitrogen and oxygen atoms in total. The lowest BCUT2D eigenvalue weighted by molar-refractivity contribution is 0.585. The van der Waals surface area contributed by atoms with Gasteiger partial charge in [0.15, 0.2) is 5.69 Å². The molecule has 0 fully saturated rings. The van der Waals surface area contributed by atoms with Crippen LogP contribution in [0.4, 0.5) is 10.1 Å². The molecule has 0 spiro atoms. The molecule has 1 heterocycles. The molecule has 0 aliphatic carbocycles. The number of sulfonamides is 1. The second kappa shape index (κ2) is 5.89. The fourth-order valence-electron chi connectivity index (χ4n) is 1.93. The summed E-state index contributed by atoms with van der Waals surface area (Å²) in [5, 5.41) is 8.99. The van der Waals surface area contributed by atoms with Crippen molar-refractivity contribution < 1.29 is 12.8 Å². The van der Waals surface area contributed by atoms with Crippen molar-refractivity contribution in [1.29, 1.82) is 5.26 Å². The molecule has 0 saturated carbocycles. The van der Waals surface area contributed by atoms with Gasteiger partial charge in [-0.3, -0.25) is 4.31 Å². The SMILES string of the molecule is CCN(c1ccccc1F)S(=O)(=O)c1cccnc1C#N. The highest BCUT2D eigenvalue weighted by molar-refractivity contribution is 7.92. The van der Waals surface area contributed by atoms with Crippen LogP contribution >= 0.6 is 0 Å². The van der Waals surface area contributed by atoms with Crippen LogP contribution < -0.4 is 4.31 Å². The van der Waals surface area contributed by atoms with Gasteiger partial charge in [0, 0.05) is 12.7 Å². The summed E-state index contributed by atoms with van der Waals surface area (Å²) in [6.07, 6.45) is 1.33. The predicted molar refractivity (Wildman–Crippen MR) is 75.6 cm³/mol. The van der Waals surface area contributed by atoms with Crippen LogP contribution in [-0.2, 0) is 10.0 Å². The molecule has 0 saturated heterocycles.